The van der Waals surface area contributed by atoms with Crippen molar-refractivity contribution in [3.63, 3.8) is 0 Å². The zero-order valence-electron chi connectivity index (χ0n) is 8.39. The van der Waals surface area contributed by atoms with Gasteiger partial charge in [0, 0.05) is 5.82 Å². The minimum atomic E-state index is -0.252. The molecule has 0 atom stereocenters. The summed E-state index contributed by atoms with van der Waals surface area (Å²) in [6.07, 6.45) is 0.133. The summed E-state index contributed by atoms with van der Waals surface area (Å²) in [5.41, 5.74) is 0.586. The molecule has 0 N–H and O–H groups in total. The maximum Gasteiger partial charge on any atom is 2.00 e. The van der Waals surface area contributed by atoms with Gasteiger partial charge in [-0.15, -0.1) is 6.07 Å². The summed E-state index contributed by atoms with van der Waals surface area (Å²) >= 11 is 0. The molecule has 0 saturated heterocycles. The third-order valence-electron chi connectivity index (χ3n) is 1.47. The Labute approximate surface area is 111 Å². The van der Waals surface area contributed by atoms with E-state index < -0.39 is 0 Å². The third kappa shape index (κ3) is 5.96. The van der Waals surface area contributed by atoms with Gasteiger partial charge in [0.05, 0.1) is 12.7 Å². The smallest absolute Gasteiger partial charge is 1.00 e. The van der Waals surface area contributed by atoms with E-state index in [4.69, 9.17) is 4.74 Å². The maximum absolute atomic E-state index is 12.9. The number of ether oxygens (including phenoxy) is 1. The van der Waals surface area contributed by atoms with Gasteiger partial charge in [-0.1, -0.05) is 5.56 Å². The number of benzene rings is 1. The summed E-state index contributed by atoms with van der Waals surface area (Å²) in [5, 5.41) is 0. The fraction of sp³-hybridized carbons (Fsp3) is 0.400. The second-order valence-electron chi connectivity index (χ2n) is 2.88. The van der Waals surface area contributed by atoms with Crippen LogP contribution >= 0.6 is 0 Å². The monoisotopic (exact) mass is 270 g/mol. The van der Waals surface area contributed by atoms with Crippen LogP contribution < -0.4 is 17.0 Å². The van der Waals surface area contributed by atoms with Crippen molar-refractivity contribution >= 4 is 23.1 Å². The van der Waals surface area contributed by atoms with Crippen LogP contribution in [0.2, 0.25) is 0 Å². The zero-order chi connectivity index (χ0) is 8.97. The quantitative estimate of drug-likeness (QED) is 0.515. The van der Waals surface area contributed by atoms with E-state index >= 15 is 0 Å². The largest absolute Gasteiger partial charge is 2.00 e. The summed E-state index contributed by atoms with van der Waals surface area (Å²) in [7, 11) is 0. The average Bonchev–Trinajstić information content (AvgIpc) is 2.03. The maximum atomic E-state index is 12.9. The van der Waals surface area contributed by atoms with Gasteiger partial charge in [-0.25, -0.2) is 0 Å². The molecule has 0 heterocycles. The number of hydrogen-bond acceptors (Lipinski definition) is 1. The Morgan fingerprint density at radius 3 is 2.64 bits per heavy atom. The van der Waals surface area contributed by atoms with Gasteiger partial charge in [-0.05, 0) is 13.8 Å². The molecular weight excluding hydrogens is 259 g/mol. The van der Waals surface area contributed by atoms with Gasteiger partial charge in [-0.3, -0.25) is 4.39 Å². The van der Waals surface area contributed by atoms with Crippen molar-refractivity contribution in [2.45, 2.75) is 26.6 Å². The van der Waals surface area contributed by atoms with Crippen LogP contribution in [0.3, 0.4) is 0 Å². The molecule has 0 spiro atoms. The SMILES string of the molecule is CC(C)OCc1cc[c-]cc1F.[Br-].[Mg+2]. The second kappa shape index (κ2) is 8.65. The van der Waals surface area contributed by atoms with Gasteiger partial charge in [0.2, 0.25) is 0 Å². The average molecular weight is 271 g/mol. The second-order valence-corrected chi connectivity index (χ2v) is 2.88. The molecule has 0 aliphatic rings. The molecule has 0 unspecified atom stereocenters. The topological polar surface area (TPSA) is 9.23 Å². The molecule has 0 aliphatic heterocycles. The fourth-order valence-electron chi connectivity index (χ4n) is 0.816. The summed E-state index contributed by atoms with van der Waals surface area (Å²) < 4.78 is 18.2. The first-order valence-corrected chi connectivity index (χ1v) is 3.96. The normalized spacial score (nSPS) is 9.14. The minimum absolute atomic E-state index is 0. The van der Waals surface area contributed by atoms with Crippen molar-refractivity contribution in [1.82, 2.24) is 0 Å². The molecule has 1 nitrogen and oxygen atoms in total. The summed E-state index contributed by atoms with van der Waals surface area (Å²) in [5.74, 6) is -0.252. The molecule has 14 heavy (non-hydrogen) atoms. The van der Waals surface area contributed by atoms with Crippen LogP contribution in [0.25, 0.3) is 0 Å². The summed E-state index contributed by atoms with van der Waals surface area (Å²) in [4.78, 5) is 0. The molecule has 0 amide bonds. The molecule has 4 heteroatoms. The van der Waals surface area contributed by atoms with E-state index in [9.17, 15) is 4.39 Å². The Morgan fingerprint density at radius 1 is 1.50 bits per heavy atom. The van der Waals surface area contributed by atoms with Gasteiger partial charge in [0.15, 0.2) is 0 Å². The first kappa shape index (κ1) is 16.8. The third-order valence-corrected chi connectivity index (χ3v) is 1.47. The van der Waals surface area contributed by atoms with Crippen molar-refractivity contribution in [1.29, 1.82) is 0 Å². The van der Waals surface area contributed by atoms with E-state index in [-0.39, 0.29) is 52.0 Å². The van der Waals surface area contributed by atoms with E-state index in [1.54, 1.807) is 12.1 Å². The first-order valence-electron chi connectivity index (χ1n) is 3.96. The molecule has 0 bridgehead atoms. The zero-order valence-corrected chi connectivity index (χ0v) is 11.4. The Balaban J connectivity index is 0. The molecular formula is C10H12BrFMgO. The molecule has 0 aromatic heterocycles. The van der Waals surface area contributed by atoms with Crippen LogP contribution in [0.15, 0.2) is 18.2 Å². The Kier molecular flexibility index (Phi) is 10.4. The number of halogens is 2. The Hall–Kier alpha value is 0.356. The van der Waals surface area contributed by atoms with Gasteiger partial charge in [0.1, 0.15) is 0 Å². The van der Waals surface area contributed by atoms with E-state index in [0.717, 1.165) is 0 Å². The van der Waals surface area contributed by atoms with Gasteiger partial charge in [0.25, 0.3) is 0 Å². The van der Waals surface area contributed by atoms with Crippen LogP contribution in [0, 0.1) is 11.9 Å². The Bertz CT molecular complexity index is 256. The summed E-state index contributed by atoms with van der Waals surface area (Å²) in [6, 6.07) is 7.34. The predicted octanol–water partition coefficient (Wildman–Crippen LogP) is -0.826. The van der Waals surface area contributed by atoms with Gasteiger partial charge >= 0.3 is 23.1 Å². The number of rotatable bonds is 3. The predicted molar refractivity (Wildman–Crippen MR) is 50.9 cm³/mol. The molecule has 1 aromatic carbocycles. The van der Waals surface area contributed by atoms with Crippen LogP contribution in [0.1, 0.15) is 19.4 Å². The van der Waals surface area contributed by atoms with Gasteiger partial charge < -0.3 is 21.7 Å². The van der Waals surface area contributed by atoms with Crippen molar-refractivity contribution in [3.8, 4) is 0 Å². The number of hydrogen-bond donors (Lipinski definition) is 0. The van der Waals surface area contributed by atoms with E-state index in [0.29, 0.717) is 12.2 Å². The van der Waals surface area contributed by atoms with E-state index in [1.165, 1.54) is 6.07 Å². The first-order chi connectivity index (χ1) is 5.70. The standard InChI is InChI=1S/C10H12FO.BrH.Mg/c1-8(2)12-7-9-5-3-4-6-10(9)11;;/h3,5-6,8H,7H2,1-2H3;1H;/q-1;;+2/p-1. The van der Waals surface area contributed by atoms with E-state index in [1.807, 2.05) is 13.8 Å². The van der Waals surface area contributed by atoms with Crippen LogP contribution in [0.5, 0.6) is 0 Å². The van der Waals surface area contributed by atoms with Crippen LogP contribution in [0.4, 0.5) is 4.39 Å². The molecule has 0 saturated carbocycles. The van der Waals surface area contributed by atoms with Crippen LogP contribution in [-0.4, -0.2) is 29.2 Å². The van der Waals surface area contributed by atoms with Gasteiger partial charge in [-0.2, -0.15) is 18.2 Å². The Morgan fingerprint density at radius 2 is 2.14 bits per heavy atom. The minimum Gasteiger partial charge on any atom is -1.00 e. The molecule has 1 rings (SSSR count). The van der Waals surface area contributed by atoms with Crippen molar-refractivity contribution < 1.29 is 26.1 Å². The van der Waals surface area contributed by atoms with Crippen LogP contribution in [-0.2, 0) is 11.3 Å². The molecule has 0 radical (unpaired) electrons. The van der Waals surface area contributed by atoms with E-state index in [2.05, 4.69) is 6.07 Å². The molecule has 74 valence electrons. The fourth-order valence-corrected chi connectivity index (χ4v) is 0.816. The molecule has 0 fully saturated rings. The molecule has 1 aromatic rings. The van der Waals surface area contributed by atoms with Crippen molar-refractivity contribution in [2.75, 3.05) is 0 Å². The summed E-state index contributed by atoms with van der Waals surface area (Å²) in [6.45, 7) is 4.18. The molecule has 0 aliphatic carbocycles. The van der Waals surface area contributed by atoms with Crippen molar-refractivity contribution in [2.24, 2.45) is 0 Å². The van der Waals surface area contributed by atoms with Crippen molar-refractivity contribution in [3.05, 3.63) is 35.6 Å².